The molecule has 0 saturated heterocycles. The first-order valence-electron chi connectivity index (χ1n) is 10.5. The van der Waals surface area contributed by atoms with Crippen LogP contribution in [0.15, 0.2) is 72.8 Å². The summed E-state index contributed by atoms with van der Waals surface area (Å²) in [4.78, 5) is 4.80. The molecular formula is C26H28N2O2. The number of ether oxygens (including phenoxy) is 2. The Balaban J connectivity index is 1.51. The standard InChI is InChI=1S/C26H28N2O2/c1-19(2)22-8-4-7-11-25(22)29-17-16-28-24-10-6-5-9-23(24)27-26(28)18-30-21-14-12-20(3)13-15-21/h4-15,19H,16-18H2,1-3H3. The van der Waals surface area contributed by atoms with Gasteiger partial charge in [0.1, 0.15) is 30.5 Å². The van der Waals surface area contributed by atoms with Gasteiger partial charge in [0.05, 0.1) is 17.6 Å². The summed E-state index contributed by atoms with van der Waals surface area (Å²) in [5.74, 6) is 3.13. The lowest BCUT2D eigenvalue weighted by Crippen LogP contribution is -2.13. The molecule has 0 aliphatic rings. The molecule has 0 saturated carbocycles. The van der Waals surface area contributed by atoms with E-state index in [9.17, 15) is 0 Å². The molecule has 4 nitrogen and oxygen atoms in total. The van der Waals surface area contributed by atoms with E-state index in [0.29, 0.717) is 25.7 Å². The molecule has 1 heterocycles. The molecule has 154 valence electrons. The van der Waals surface area contributed by atoms with Crippen LogP contribution in [-0.4, -0.2) is 16.2 Å². The first-order chi connectivity index (χ1) is 14.6. The van der Waals surface area contributed by atoms with Gasteiger partial charge in [-0.1, -0.05) is 61.9 Å². The van der Waals surface area contributed by atoms with E-state index in [1.165, 1.54) is 11.1 Å². The van der Waals surface area contributed by atoms with Gasteiger partial charge in [0.25, 0.3) is 0 Å². The summed E-state index contributed by atoms with van der Waals surface area (Å²) in [6.45, 7) is 8.14. The lowest BCUT2D eigenvalue weighted by atomic mass is 10.0. The van der Waals surface area contributed by atoms with Crippen molar-refractivity contribution in [2.24, 2.45) is 0 Å². The fourth-order valence-electron chi connectivity index (χ4n) is 3.60. The Morgan fingerprint density at radius 3 is 2.40 bits per heavy atom. The van der Waals surface area contributed by atoms with E-state index >= 15 is 0 Å². The van der Waals surface area contributed by atoms with Gasteiger partial charge < -0.3 is 14.0 Å². The highest BCUT2D eigenvalue weighted by atomic mass is 16.5. The van der Waals surface area contributed by atoms with Crippen molar-refractivity contribution in [3.05, 3.63) is 89.7 Å². The van der Waals surface area contributed by atoms with Crippen molar-refractivity contribution in [1.29, 1.82) is 0 Å². The minimum atomic E-state index is 0.417. The van der Waals surface area contributed by atoms with E-state index in [1.54, 1.807) is 0 Å². The van der Waals surface area contributed by atoms with Crippen LogP contribution in [0.4, 0.5) is 0 Å². The first-order valence-corrected chi connectivity index (χ1v) is 10.5. The maximum atomic E-state index is 6.16. The van der Waals surface area contributed by atoms with Gasteiger partial charge in [-0.2, -0.15) is 0 Å². The van der Waals surface area contributed by atoms with Crippen LogP contribution >= 0.6 is 0 Å². The second kappa shape index (κ2) is 9.04. The third-order valence-electron chi connectivity index (χ3n) is 5.24. The Hall–Kier alpha value is -3.27. The minimum Gasteiger partial charge on any atom is -0.491 e. The van der Waals surface area contributed by atoms with Crippen molar-refractivity contribution >= 4 is 11.0 Å². The monoisotopic (exact) mass is 400 g/mol. The van der Waals surface area contributed by atoms with Crippen LogP contribution in [0.1, 0.15) is 36.7 Å². The van der Waals surface area contributed by atoms with E-state index in [1.807, 2.05) is 42.5 Å². The summed E-state index contributed by atoms with van der Waals surface area (Å²) in [5, 5.41) is 0. The van der Waals surface area contributed by atoms with Crippen molar-refractivity contribution in [2.75, 3.05) is 6.61 Å². The average Bonchev–Trinajstić information content (AvgIpc) is 3.11. The molecule has 0 fully saturated rings. The summed E-state index contributed by atoms with van der Waals surface area (Å²) in [6, 6.07) is 24.5. The molecule has 1 aromatic heterocycles. The topological polar surface area (TPSA) is 36.3 Å². The van der Waals surface area contributed by atoms with Gasteiger partial charge >= 0.3 is 0 Å². The zero-order valence-electron chi connectivity index (χ0n) is 17.8. The first kappa shape index (κ1) is 20.0. The predicted molar refractivity (Wildman–Crippen MR) is 121 cm³/mol. The lowest BCUT2D eigenvalue weighted by molar-refractivity contribution is 0.271. The highest BCUT2D eigenvalue weighted by molar-refractivity contribution is 5.75. The number of aryl methyl sites for hydroxylation is 1. The molecule has 0 N–H and O–H groups in total. The van der Waals surface area contributed by atoms with Gasteiger partial charge in [-0.25, -0.2) is 4.98 Å². The van der Waals surface area contributed by atoms with Gasteiger partial charge in [-0.05, 0) is 48.7 Å². The van der Waals surface area contributed by atoms with E-state index in [4.69, 9.17) is 14.5 Å². The van der Waals surface area contributed by atoms with Crippen LogP contribution in [0.3, 0.4) is 0 Å². The second-order valence-corrected chi connectivity index (χ2v) is 7.81. The highest BCUT2D eigenvalue weighted by Crippen LogP contribution is 2.26. The quantitative estimate of drug-likeness (QED) is 0.357. The van der Waals surface area contributed by atoms with Crippen molar-refractivity contribution in [1.82, 2.24) is 9.55 Å². The molecule has 4 rings (SSSR count). The van der Waals surface area contributed by atoms with Crippen LogP contribution in [-0.2, 0) is 13.2 Å². The normalized spacial score (nSPS) is 11.2. The Kier molecular flexibility index (Phi) is 6.03. The molecule has 4 heteroatoms. The SMILES string of the molecule is Cc1ccc(OCc2nc3ccccc3n2CCOc2ccccc2C(C)C)cc1. The number of hydrogen-bond donors (Lipinski definition) is 0. The van der Waals surface area contributed by atoms with Crippen LogP contribution in [0.2, 0.25) is 0 Å². The molecule has 4 aromatic rings. The molecule has 0 amide bonds. The van der Waals surface area contributed by atoms with Crippen molar-refractivity contribution < 1.29 is 9.47 Å². The summed E-state index contributed by atoms with van der Waals surface area (Å²) >= 11 is 0. The number of hydrogen-bond acceptors (Lipinski definition) is 3. The van der Waals surface area contributed by atoms with E-state index in [-0.39, 0.29) is 0 Å². The van der Waals surface area contributed by atoms with Gasteiger partial charge in [-0.3, -0.25) is 0 Å². The van der Waals surface area contributed by atoms with Crippen molar-refractivity contribution in [3.8, 4) is 11.5 Å². The highest BCUT2D eigenvalue weighted by Gasteiger charge is 2.12. The zero-order chi connectivity index (χ0) is 20.9. The summed E-state index contributed by atoms with van der Waals surface area (Å²) in [7, 11) is 0. The molecule has 0 spiro atoms. The summed E-state index contributed by atoms with van der Waals surface area (Å²) in [6.07, 6.45) is 0. The Morgan fingerprint density at radius 2 is 1.60 bits per heavy atom. The van der Waals surface area contributed by atoms with Gasteiger partial charge in [-0.15, -0.1) is 0 Å². The third-order valence-corrected chi connectivity index (χ3v) is 5.24. The summed E-state index contributed by atoms with van der Waals surface area (Å²) in [5.41, 5.74) is 4.52. The molecule has 0 aliphatic heterocycles. The largest absolute Gasteiger partial charge is 0.491 e. The van der Waals surface area contributed by atoms with Crippen LogP contribution in [0.25, 0.3) is 11.0 Å². The predicted octanol–water partition coefficient (Wildman–Crippen LogP) is 6.13. The Labute approximate surface area is 178 Å². The smallest absolute Gasteiger partial charge is 0.148 e. The molecular weight excluding hydrogens is 372 g/mol. The molecule has 3 aromatic carbocycles. The van der Waals surface area contributed by atoms with E-state index < -0.39 is 0 Å². The lowest BCUT2D eigenvalue weighted by Gasteiger charge is -2.15. The molecule has 30 heavy (non-hydrogen) atoms. The van der Waals surface area contributed by atoms with Crippen molar-refractivity contribution in [2.45, 2.75) is 39.8 Å². The van der Waals surface area contributed by atoms with Crippen LogP contribution in [0, 0.1) is 6.92 Å². The zero-order valence-corrected chi connectivity index (χ0v) is 17.8. The fraction of sp³-hybridized carbons (Fsp3) is 0.269. The van der Waals surface area contributed by atoms with Crippen molar-refractivity contribution in [3.63, 3.8) is 0 Å². The van der Waals surface area contributed by atoms with E-state index in [2.05, 4.69) is 55.7 Å². The summed E-state index contributed by atoms with van der Waals surface area (Å²) < 4.78 is 14.4. The Morgan fingerprint density at radius 1 is 0.867 bits per heavy atom. The number of imidazole rings is 1. The maximum absolute atomic E-state index is 6.16. The molecule has 0 bridgehead atoms. The maximum Gasteiger partial charge on any atom is 0.148 e. The molecule has 0 unspecified atom stereocenters. The molecule has 0 atom stereocenters. The number of nitrogens with zero attached hydrogens (tertiary/aromatic N) is 2. The van der Waals surface area contributed by atoms with E-state index in [0.717, 1.165) is 28.4 Å². The average molecular weight is 401 g/mol. The van der Waals surface area contributed by atoms with Crippen LogP contribution in [0.5, 0.6) is 11.5 Å². The number of aromatic nitrogens is 2. The number of rotatable bonds is 8. The molecule has 0 radical (unpaired) electrons. The number of benzene rings is 3. The minimum absolute atomic E-state index is 0.417. The number of fused-ring (bicyclic) bond motifs is 1. The van der Waals surface area contributed by atoms with Gasteiger partial charge in [0.15, 0.2) is 0 Å². The Bertz CT molecular complexity index is 1110. The molecule has 0 aliphatic carbocycles. The van der Waals surface area contributed by atoms with Gasteiger partial charge in [0.2, 0.25) is 0 Å². The fourth-order valence-corrected chi connectivity index (χ4v) is 3.60. The van der Waals surface area contributed by atoms with Crippen LogP contribution < -0.4 is 9.47 Å². The number of para-hydroxylation sites is 3. The third kappa shape index (κ3) is 4.48. The second-order valence-electron chi connectivity index (χ2n) is 7.81. The van der Waals surface area contributed by atoms with Gasteiger partial charge in [0, 0.05) is 0 Å².